The van der Waals surface area contributed by atoms with Gasteiger partial charge in [-0.15, -0.1) is 0 Å². The van der Waals surface area contributed by atoms with Crippen molar-refractivity contribution in [3.8, 4) is 0 Å². The van der Waals surface area contributed by atoms with Crippen molar-refractivity contribution in [3.05, 3.63) is 128 Å². The molecule has 0 aliphatic rings. The smallest absolute Gasteiger partial charge is 0.264 e. The Morgan fingerprint density at radius 2 is 1.51 bits per heavy atom. The minimum Gasteiger partial charge on any atom is -0.354 e. The molecule has 0 aliphatic heterocycles. The van der Waals surface area contributed by atoms with Gasteiger partial charge in [0.25, 0.3) is 10.0 Å². The highest BCUT2D eigenvalue weighted by Gasteiger charge is 2.35. The first-order chi connectivity index (χ1) is 22.4. The molecule has 0 aromatic heterocycles. The van der Waals surface area contributed by atoms with Crippen molar-refractivity contribution in [1.82, 2.24) is 10.2 Å². The van der Waals surface area contributed by atoms with Gasteiger partial charge in [0.05, 0.1) is 20.6 Å². The number of carbonyl (C=O) groups is 2. The monoisotopic (exact) mass is 713 g/mol. The number of aryl methyl sites for hydroxylation is 1. The summed E-state index contributed by atoms with van der Waals surface area (Å²) in [6, 6.07) is 24.7. The van der Waals surface area contributed by atoms with Crippen LogP contribution >= 0.6 is 34.8 Å². The van der Waals surface area contributed by atoms with Crippen molar-refractivity contribution in [3.63, 3.8) is 0 Å². The number of benzene rings is 4. The second-order valence-corrected chi connectivity index (χ2v) is 14.4. The molecule has 0 aliphatic carbocycles. The Labute approximate surface area is 292 Å². The fraction of sp³-hybridized carbons (Fsp3) is 0.278. The number of rotatable bonds is 14. The van der Waals surface area contributed by atoms with Crippen molar-refractivity contribution in [2.24, 2.45) is 0 Å². The molecular weight excluding hydrogens is 677 g/mol. The number of halogens is 3. The minimum atomic E-state index is -4.26. The lowest BCUT2D eigenvalue weighted by atomic mass is 10.0. The third kappa shape index (κ3) is 9.29. The molecule has 4 aromatic carbocycles. The zero-order valence-electron chi connectivity index (χ0n) is 26.5. The van der Waals surface area contributed by atoms with Crippen LogP contribution in [0.3, 0.4) is 0 Å². The maximum absolute atomic E-state index is 14.6. The number of sulfonamides is 1. The summed E-state index contributed by atoms with van der Waals surface area (Å²) in [6.07, 6.45) is 1.84. The van der Waals surface area contributed by atoms with Crippen LogP contribution in [-0.4, -0.2) is 44.3 Å². The summed E-state index contributed by atoms with van der Waals surface area (Å²) in [6.45, 7) is 5.40. The van der Waals surface area contributed by atoms with E-state index in [1.807, 2.05) is 44.2 Å². The van der Waals surface area contributed by atoms with Gasteiger partial charge in [-0.2, -0.15) is 0 Å². The molecule has 0 unspecified atom stereocenters. The molecule has 4 rings (SSSR count). The highest BCUT2D eigenvalue weighted by Crippen LogP contribution is 2.32. The van der Waals surface area contributed by atoms with Gasteiger partial charge in [-0.05, 0) is 73.4 Å². The van der Waals surface area contributed by atoms with Gasteiger partial charge in [-0.25, -0.2) is 8.42 Å². The van der Waals surface area contributed by atoms with E-state index in [0.717, 1.165) is 28.3 Å². The fourth-order valence-corrected chi connectivity index (χ4v) is 7.07. The summed E-state index contributed by atoms with van der Waals surface area (Å²) in [5, 5.41) is 3.97. The van der Waals surface area contributed by atoms with Gasteiger partial charge in [0.15, 0.2) is 0 Å². The third-order valence-electron chi connectivity index (χ3n) is 7.83. The molecule has 0 radical (unpaired) electrons. The van der Waals surface area contributed by atoms with E-state index in [-0.39, 0.29) is 29.5 Å². The minimum absolute atomic E-state index is 0.0180. The average Bonchev–Trinajstić information content (AvgIpc) is 3.05. The van der Waals surface area contributed by atoms with E-state index in [4.69, 9.17) is 34.8 Å². The first kappa shape index (κ1) is 36.3. The zero-order chi connectivity index (χ0) is 34.1. The SMILES string of the molecule is CCCCNC(=O)[C@@H](Cc1ccccc1)N(Cc1ccc(Cl)c(Cl)c1)C(=O)CN(c1cccc(Cl)c1C)S(=O)(=O)c1ccc(C)cc1. The Bertz CT molecular complexity index is 1800. The van der Waals surface area contributed by atoms with Crippen molar-refractivity contribution < 1.29 is 18.0 Å². The van der Waals surface area contributed by atoms with Gasteiger partial charge in [0, 0.05) is 24.5 Å². The highest BCUT2D eigenvalue weighted by molar-refractivity contribution is 7.92. The maximum atomic E-state index is 14.6. The van der Waals surface area contributed by atoms with E-state index in [9.17, 15) is 18.0 Å². The average molecular weight is 715 g/mol. The summed E-state index contributed by atoms with van der Waals surface area (Å²) >= 11 is 19.0. The van der Waals surface area contributed by atoms with E-state index in [0.29, 0.717) is 32.7 Å². The van der Waals surface area contributed by atoms with Gasteiger partial charge >= 0.3 is 0 Å². The van der Waals surface area contributed by atoms with Gasteiger partial charge in [0.1, 0.15) is 12.6 Å². The van der Waals surface area contributed by atoms with E-state index < -0.39 is 28.5 Å². The number of hydrogen-bond donors (Lipinski definition) is 1. The molecule has 47 heavy (non-hydrogen) atoms. The van der Waals surface area contributed by atoms with Crippen LogP contribution in [0, 0.1) is 13.8 Å². The molecule has 0 spiro atoms. The molecule has 0 bridgehead atoms. The molecule has 0 saturated heterocycles. The molecule has 2 amide bonds. The van der Waals surface area contributed by atoms with Gasteiger partial charge in [0.2, 0.25) is 11.8 Å². The first-order valence-corrected chi connectivity index (χ1v) is 17.9. The molecule has 248 valence electrons. The van der Waals surface area contributed by atoms with E-state index in [2.05, 4.69) is 5.32 Å². The van der Waals surface area contributed by atoms with E-state index >= 15 is 0 Å². The first-order valence-electron chi connectivity index (χ1n) is 15.3. The Morgan fingerprint density at radius 1 is 0.809 bits per heavy atom. The Balaban J connectivity index is 1.83. The van der Waals surface area contributed by atoms with Crippen LogP contribution < -0.4 is 9.62 Å². The van der Waals surface area contributed by atoms with Crippen LogP contribution in [-0.2, 0) is 32.6 Å². The molecule has 0 heterocycles. The molecule has 4 aromatic rings. The van der Waals surface area contributed by atoms with Crippen LogP contribution in [0.2, 0.25) is 15.1 Å². The molecule has 11 heteroatoms. The van der Waals surface area contributed by atoms with Crippen LogP contribution in [0.25, 0.3) is 0 Å². The zero-order valence-corrected chi connectivity index (χ0v) is 29.6. The van der Waals surface area contributed by atoms with Gasteiger partial charge in [-0.1, -0.05) is 108 Å². The van der Waals surface area contributed by atoms with Crippen molar-refractivity contribution in [2.75, 3.05) is 17.4 Å². The molecule has 1 atom stereocenters. The topological polar surface area (TPSA) is 86.8 Å². The second-order valence-electron chi connectivity index (χ2n) is 11.3. The van der Waals surface area contributed by atoms with Crippen molar-refractivity contribution in [2.45, 2.75) is 57.5 Å². The molecule has 0 fully saturated rings. The highest BCUT2D eigenvalue weighted by atomic mass is 35.5. The number of amides is 2. The maximum Gasteiger partial charge on any atom is 0.264 e. The van der Waals surface area contributed by atoms with Gasteiger partial charge in [-0.3, -0.25) is 13.9 Å². The van der Waals surface area contributed by atoms with Crippen molar-refractivity contribution in [1.29, 1.82) is 0 Å². The molecule has 0 saturated carbocycles. The second kappa shape index (κ2) is 16.5. The number of nitrogens with one attached hydrogen (secondary N) is 1. The van der Waals surface area contributed by atoms with Crippen LogP contribution in [0.15, 0.2) is 95.9 Å². The summed E-state index contributed by atoms with van der Waals surface area (Å²) in [7, 11) is -4.26. The van der Waals surface area contributed by atoms with E-state index in [1.165, 1.54) is 17.0 Å². The third-order valence-corrected chi connectivity index (χ3v) is 10.8. The van der Waals surface area contributed by atoms with Gasteiger partial charge < -0.3 is 10.2 Å². The normalized spacial score (nSPS) is 12.0. The Morgan fingerprint density at radius 3 is 2.17 bits per heavy atom. The number of anilines is 1. The largest absolute Gasteiger partial charge is 0.354 e. The Kier molecular flexibility index (Phi) is 12.7. The summed E-state index contributed by atoms with van der Waals surface area (Å²) < 4.78 is 29.6. The lowest BCUT2D eigenvalue weighted by molar-refractivity contribution is -0.140. The summed E-state index contributed by atoms with van der Waals surface area (Å²) in [4.78, 5) is 29.9. The molecule has 7 nitrogen and oxygen atoms in total. The van der Waals surface area contributed by atoms with Crippen LogP contribution in [0.4, 0.5) is 5.69 Å². The standard InChI is InChI=1S/C36H38Cl3N3O4S/c1-4-5-20-40-36(44)34(22-27-10-7-6-8-11-27)41(23-28-16-19-31(38)32(39)21-28)35(43)24-42(33-13-9-12-30(37)26(33)3)47(45,46)29-17-14-25(2)15-18-29/h6-19,21,34H,4-5,20,22-24H2,1-3H3,(H,40,44)/t34-/m1/s1. The lowest BCUT2D eigenvalue weighted by Gasteiger charge is -2.34. The predicted octanol–water partition coefficient (Wildman–Crippen LogP) is 8.02. The van der Waals surface area contributed by atoms with Crippen LogP contribution in [0.5, 0.6) is 0 Å². The summed E-state index contributed by atoms with van der Waals surface area (Å²) in [5.41, 5.74) is 3.10. The number of hydrogen-bond acceptors (Lipinski definition) is 4. The van der Waals surface area contributed by atoms with Crippen LogP contribution in [0.1, 0.15) is 42.0 Å². The number of unbranched alkanes of at least 4 members (excludes halogenated alkanes) is 1. The van der Waals surface area contributed by atoms with Crippen molar-refractivity contribution >= 4 is 62.3 Å². The molecule has 1 N–H and O–H groups in total. The predicted molar refractivity (Wildman–Crippen MR) is 191 cm³/mol. The van der Waals surface area contributed by atoms with E-state index in [1.54, 1.807) is 55.5 Å². The Hall–Kier alpha value is -3.56. The fourth-order valence-electron chi connectivity index (χ4n) is 5.11. The summed E-state index contributed by atoms with van der Waals surface area (Å²) in [5.74, 6) is -0.930. The quantitative estimate of drug-likeness (QED) is 0.134. The molecular formula is C36H38Cl3N3O4S. The number of carbonyl (C=O) groups excluding carboxylic acids is 2. The lowest BCUT2D eigenvalue weighted by Crippen LogP contribution is -2.53. The number of nitrogens with zero attached hydrogens (tertiary/aromatic N) is 2.